The van der Waals surface area contributed by atoms with E-state index in [4.69, 9.17) is 0 Å². The predicted octanol–water partition coefficient (Wildman–Crippen LogP) is 1.07. The highest BCUT2D eigenvalue weighted by molar-refractivity contribution is 5.77. The smallest absolute Gasteiger partial charge is 0.224 e. The molecule has 2 aliphatic heterocycles. The fraction of sp³-hybridized carbons (Fsp3) is 0.929. The van der Waals surface area contributed by atoms with Crippen LogP contribution in [0.4, 0.5) is 0 Å². The van der Waals surface area contributed by atoms with Crippen LogP contribution in [0.15, 0.2) is 0 Å². The Morgan fingerprint density at radius 2 is 2.22 bits per heavy atom. The van der Waals surface area contributed by atoms with Crippen LogP contribution >= 0.6 is 0 Å². The van der Waals surface area contributed by atoms with E-state index in [0.29, 0.717) is 24.4 Å². The largest absolute Gasteiger partial charge is 0.337 e. The van der Waals surface area contributed by atoms with Gasteiger partial charge in [0, 0.05) is 37.6 Å². The van der Waals surface area contributed by atoms with Crippen molar-refractivity contribution in [2.45, 2.75) is 58.2 Å². The topological polar surface area (TPSA) is 35.6 Å². The maximum absolute atomic E-state index is 12.3. The van der Waals surface area contributed by atoms with E-state index < -0.39 is 0 Å². The Hall–Kier alpha value is -0.610. The molecule has 0 saturated carbocycles. The molecule has 2 heterocycles. The molecule has 0 aliphatic carbocycles. The van der Waals surface area contributed by atoms with Gasteiger partial charge in [0.15, 0.2) is 0 Å². The molecule has 1 amide bonds. The number of hydrogen-bond acceptors (Lipinski definition) is 3. The zero-order valence-electron chi connectivity index (χ0n) is 12.0. The predicted molar refractivity (Wildman–Crippen MR) is 73.5 cm³/mol. The molecule has 3 atom stereocenters. The summed E-state index contributed by atoms with van der Waals surface area (Å²) in [7, 11) is 0. The molecular formula is C14H27N3O. The fourth-order valence-corrected chi connectivity index (χ4v) is 3.33. The number of rotatable bonds is 4. The minimum absolute atomic E-state index is 0.288. The molecule has 0 aromatic heterocycles. The molecule has 0 spiro atoms. The highest BCUT2D eigenvalue weighted by Gasteiger charge is 2.36. The van der Waals surface area contributed by atoms with E-state index in [1.165, 1.54) is 19.4 Å². The first kappa shape index (κ1) is 13.8. The molecule has 0 radical (unpaired) electrons. The normalized spacial score (nSPS) is 30.3. The molecule has 18 heavy (non-hydrogen) atoms. The highest BCUT2D eigenvalue weighted by atomic mass is 16.2. The van der Waals surface area contributed by atoms with Crippen LogP contribution in [-0.2, 0) is 4.79 Å². The summed E-state index contributed by atoms with van der Waals surface area (Å²) in [4.78, 5) is 17.0. The van der Waals surface area contributed by atoms with Gasteiger partial charge in [-0.05, 0) is 39.8 Å². The molecule has 2 aliphatic rings. The Labute approximate surface area is 111 Å². The van der Waals surface area contributed by atoms with Crippen molar-refractivity contribution in [3.63, 3.8) is 0 Å². The minimum atomic E-state index is 0.288. The van der Waals surface area contributed by atoms with E-state index in [1.54, 1.807) is 0 Å². The van der Waals surface area contributed by atoms with Crippen LogP contribution < -0.4 is 5.32 Å². The van der Waals surface area contributed by atoms with Crippen LogP contribution in [-0.4, -0.2) is 60.0 Å². The van der Waals surface area contributed by atoms with Crippen molar-refractivity contribution in [1.82, 2.24) is 15.1 Å². The number of nitrogens with one attached hydrogen (secondary N) is 1. The molecule has 4 heteroatoms. The molecule has 4 nitrogen and oxygen atoms in total. The summed E-state index contributed by atoms with van der Waals surface area (Å²) in [6, 6.07) is 1.29. The summed E-state index contributed by atoms with van der Waals surface area (Å²) in [5.74, 6) is 0.322. The van der Waals surface area contributed by atoms with Crippen LogP contribution in [0.1, 0.15) is 40.0 Å². The average Bonchev–Trinajstić information content (AvgIpc) is 2.74. The first-order valence-corrected chi connectivity index (χ1v) is 7.38. The lowest BCUT2D eigenvalue weighted by Crippen LogP contribution is -2.57. The number of amides is 1. The lowest BCUT2D eigenvalue weighted by atomic mass is 10.1. The number of carbonyl (C=O) groups is 1. The molecule has 104 valence electrons. The summed E-state index contributed by atoms with van der Waals surface area (Å²) in [5, 5.41) is 3.32. The van der Waals surface area contributed by atoms with Crippen molar-refractivity contribution >= 4 is 5.91 Å². The van der Waals surface area contributed by atoms with Crippen LogP contribution in [0.2, 0.25) is 0 Å². The summed E-state index contributed by atoms with van der Waals surface area (Å²) < 4.78 is 0. The minimum Gasteiger partial charge on any atom is -0.337 e. The molecule has 3 unspecified atom stereocenters. The van der Waals surface area contributed by atoms with Gasteiger partial charge in [0.2, 0.25) is 5.91 Å². The quantitative estimate of drug-likeness (QED) is 0.814. The molecule has 2 rings (SSSR count). The third-order valence-corrected chi connectivity index (χ3v) is 4.29. The van der Waals surface area contributed by atoms with Crippen LogP contribution in [0.3, 0.4) is 0 Å². The number of fused-ring (bicyclic) bond motifs is 1. The second-order valence-corrected chi connectivity index (χ2v) is 5.85. The van der Waals surface area contributed by atoms with Gasteiger partial charge in [0.1, 0.15) is 0 Å². The average molecular weight is 253 g/mol. The second kappa shape index (κ2) is 6.02. The standard InChI is InChI=1S/C14H27N3O/c1-4-15-11(2)8-14(18)17-10-13-6-5-7-16(13)9-12(17)3/h11-13,15H,4-10H2,1-3H3. The van der Waals surface area contributed by atoms with Crippen LogP contribution in [0.5, 0.6) is 0 Å². The Morgan fingerprint density at radius 3 is 2.94 bits per heavy atom. The summed E-state index contributed by atoms with van der Waals surface area (Å²) >= 11 is 0. The van der Waals surface area contributed by atoms with Crippen molar-refractivity contribution in [3.05, 3.63) is 0 Å². The van der Waals surface area contributed by atoms with E-state index >= 15 is 0 Å². The van der Waals surface area contributed by atoms with Gasteiger partial charge >= 0.3 is 0 Å². The van der Waals surface area contributed by atoms with Crippen molar-refractivity contribution in [1.29, 1.82) is 0 Å². The fourth-order valence-electron chi connectivity index (χ4n) is 3.33. The van der Waals surface area contributed by atoms with Crippen molar-refractivity contribution < 1.29 is 4.79 Å². The van der Waals surface area contributed by atoms with E-state index in [-0.39, 0.29) is 6.04 Å². The lowest BCUT2D eigenvalue weighted by Gasteiger charge is -2.42. The third kappa shape index (κ3) is 3.04. The molecule has 2 saturated heterocycles. The number of nitrogens with zero attached hydrogens (tertiary/aromatic N) is 2. The second-order valence-electron chi connectivity index (χ2n) is 5.85. The van der Waals surface area contributed by atoms with E-state index in [9.17, 15) is 4.79 Å². The maximum Gasteiger partial charge on any atom is 0.224 e. The monoisotopic (exact) mass is 253 g/mol. The van der Waals surface area contributed by atoms with Crippen LogP contribution in [0, 0.1) is 0 Å². The van der Waals surface area contributed by atoms with Crippen LogP contribution in [0.25, 0.3) is 0 Å². The van der Waals surface area contributed by atoms with E-state index in [0.717, 1.165) is 19.6 Å². The number of carbonyl (C=O) groups excluding carboxylic acids is 1. The Kier molecular flexibility index (Phi) is 4.62. The number of hydrogen-bond donors (Lipinski definition) is 1. The van der Waals surface area contributed by atoms with Gasteiger partial charge in [-0.3, -0.25) is 9.69 Å². The zero-order valence-corrected chi connectivity index (χ0v) is 12.0. The summed E-state index contributed by atoms with van der Waals surface area (Å²) in [5.41, 5.74) is 0. The van der Waals surface area contributed by atoms with Gasteiger partial charge in [0.25, 0.3) is 0 Å². The number of piperazine rings is 1. The van der Waals surface area contributed by atoms with Crippen molar-refractivity contribution in [2.75, 3.05) is 26.2 Å². The summed E-state index contributed by atoms with van der Waals surface area (Å²) in [6.07, 6.45) is 3.19. The third-order valence-electron chi connectivity index (χ3n) is 4.29. The van der Waals surface area contributed by atoms with E-state index in [2.05, 4.69) is 35.9 Å². The lowest BCUT2D eigenvalue weighted by molar-refractivity contribution is -0.137. The van der Waals surface area contributed by atoms with Gasteiger partial charge < -0.3 is 10.2 Å². The van der Waals surface area contributed by atoms with Crippen molar-refractivity contribution in [3.8, 4) is 0 Å². The Bertz CT molecular complexity index is 295. The SMILES string of the molecule is CCNC(C)CC(=O)N1CC2CCCN2CC1C. The molecule has 2 fully saturated rings. The van der Waals surface area contributed by atoms with Gasteiger partial charge in [-0.2, -0.15) is 0 Å². The van der Waals surface area contributed by atoms with Gasteiger partial charge in [-0.25, -0.2) is 0 Å². The summed E-state index contributed by atoms with van der Waals surface area (Å²) in [6.45, 7) is 10.5. The van der Waals surface area contributed by atoms with Crippen molar-refractivity contribution in [2.24, 2.45) is 0 Å². The molecule has 0 aromatic carbocycles. The van der Waals surface area contributed by atoms with Gasteiger partial charge in [0.05, 0.1) is 0 Å². The molecule has 1 N–H and O–H groups in total. The first-order chi connectivity index (χ1) is 8.61. The first-order valence-electron chi connectivity index (χ1n) is 7.38. The Morgan fingerprint density at radius 1 is 1.44 bits per heavy atom. The maximum atomic E-state index is 12.3. The van der Waals surface area contributed by atoms with Gasteiger partial charge in [-0.1, -0.05) is 6.92 Å². The Balaban J connectivity index is 1.89. The van der Waals surface area contributed by atoms with Gasteiger partial charge in [-0.15, -0.1) is 0 Å². The highest BCUT2D eigenvalue weighted by Crippen LogP contribution is 2.25. The molecule has 0 aromatic rings. The molecular weight excluding hydrogens is 226 g/mol. The van der Waals surface area contributed by atoms with E-state index in [1.807, 2.05) is 0 Å². The zero-order chi connectivity index (χ0) is 13.1. The molecule has 0 bridgehead atoms.